The van der Waals surface area contributed by atoms with Crippen LogP contribution in [0.15, 0.2) is 0 Å². The van der Waals surface area contributed by atoms with Crippen molar-refractivity contribution < 1.29 is 15.0 Å². The molecule has 0 aromatic carbocycles. The highest BCUT2D eigenvalue weighted by atomic mass is 16.4. The second-order valence-corrected chi connectivity index (χ2v) is 4.17. The van der Waals surface area contributed by atoms with Crippen LogP contribution in [0.25, 0.3) is 0 Å². The normalized spacial score (nSPS) is 16.8. The van der Waals surface area contributed by atoms with Crippen molar-refractivity contribution in [2.75, 3.05) is 6.61 Å². The number of carboxylic acid groups (broad SMARTS) is 1. The minimum absolute atomic E-state index is 0.206. The SMILES string of the molecule is CC(C)(C)[C@@](C)(CO)NC(=O)O. The minimum atomic E-state index is -1.11. The van der Waals surface area contributed by atoms with Crippen molar-refractivity contribution in [2.45, 2.75) is 33.2 Å². The third kappa shape index (κ3) is 2.37. The van der Waals surface area contributed by atoms with E-state index in [4.69, 9.17) is 10.2 Å². The molecule has 0 aliphatic carbocycles. The maximum atomic E-state index is 10.4. The summed E-state index contributed by atoms with van der Waals surface area (Å²) < 4.78 is 0. The molecule has 0 radical (unpaired) electrons. The summed E-state index contributed by atoms with van der Waals surface area (Å²) in [6.07, 6.45) is -1.11. The van der Waals surface area contributed by atoms with Crippen molar-refractivity contribution in [3.63, 3.8) is 0 Å². The summed E-state index contributed by atoms with van der Waals surface area (Å²) in [7, 11) is 0. The lowest BCUT2D eigenvalue weighted by atomic mass is 9.75. The van der Waals surface area contributed by atoms with Crippen molar-refractivity contribution in [1.29, 1.82) is 0 Å². The Morgan fingerprint density at radius 2 is 1.75 bits per heavy atom. The van der Waals surface area contributed by atoms with Gasteiger partial charge < -0.3 is 15.5 Å². The quantitative estimate of drug-likeness (QED) is 0.587. The lowest BCUT2D eigenvalue weighted by Crippen LogP contribution is -2.57. The van der Waals surface area contributed by atoms with Gasteiger partial charge in [-0.2, -0.15) is 0 Å². The molecular formula is C8H17NO3. The van der Waals surface area contributed by atoms with Gasteiger partial charge in [-0.1, -0.05) is 20.8 Å². The van der Waals surface area contributed by atoms with Gasteiger partial charge in [0, 0.05) is 0 Å². The smallest absolute Gasteiger partial charge is 0.405 e. The predicted octanol–water partition coefficient (Wildman–Crippen LogP) is 1.05. The van der Waals surface area contributed by atoms with Crippen molar-refractivity contribution >= 4 is 6.09 Å². The molecule has 0 spiro atoms. The summed E-state index contributed by atoms with van der Waals surface area (Å²) in [5.74, 6) is 0. The van der Waals surface area contributed by atoms with Crippen LogP contribution in [0.4, 0.5) is 4.79 Å². The van der Waals surface area contributed by atoms with E-state index >= 15 is 0 Å². The van der Waals surface area contributed by atoms with Crippen LogP contribution < -0.4 is 5.32 Å². The van der Waals surface area contributed by atoms with Gasteiger partial charge in [0.25, 0.3) is 0 Å². The van der Waals surface area contributed by atoms with Gasteiger partial charge in [-0.25, -0.2) is 4.79 Å². The molecule has 0 aliphatic heterocycles. The Kier molecular flexibility index (Phi) is 3.10. The standard InChI is InChI=1S/C8H17NO3/c1-7(2,3)8(4,5-10)9-6(11)12/h9-10H,5H2,1-4H3,(H,11,12)/t8-/m1/s1. The van der Waals surface area contributed by atoms with Crippen LogP contribution in [0.3, 0.4) is 0 Å². The first-order valence-electron chi connectivity index (χ1n) is 3.85. The Morgan fingerprint density at radius 3 is 1.83 bits per heavy atom. The molecule has 0 saturated heterocycles. The van der Waals surface area contributed by atoms with Crippen LogP contribution in [-0.4, -0.2) is 28.5 Å². The molecule has 0 aromatic heterocycles. The predicted molar refractivity (Wildman–Crippen MR) is 46.1 cm³/mol. The van der Waals surface area contributed by atoms with Gasteiger partial charge in [-0.15, -0.1) is 0 Å². The van der Waals surface area contributed by atoms with Crippen molar-refractivity contribution in [3.05, 3.63) is 0 Å². The van der Waals surface area contributed by atoms with Gasteiger partial charge in [-0.3, -0.25) is 0 Å². The molecule has 0 unspecified atom stereocenters. The number of hydrogen-bond donors (Lipinski definition) is 3. The highest BCUT2D eigenvalue weighted by Gasteiger charge is 2.38. The lowest BCUT2D eigenvalue weighted by Gasteiger charge is -2.40. The first kappa shape index (κ1) is 11.2. The Morgan fingerprint density at radius 1 is 1.33 bits per heavy atom. The van der Waals surface area contributed by atoms with E-state index in [1.807, 2.05) is 20.8 Å². The summed E-state index contributed by atoms with van der Waals surface area (Å²) in [5, 5.41) is 19.9. The molecule has 4 heteroatoms. The van der Waals surface area contributed by atoms with E-state index in [1.54, 1.807) is 6.92 Å². The summed E-state index contributed by atoms with van der Waals surface area (Å²) in [4.78, 5) is 10.4. The third-order valence-corrected chi connectivity index (χ3v) is 2.35. The van der Waals surface area contributed by atoms with Crippen molar-refractivity contribution in [1.82, 2.24) is 5.32 Å². The largest absolute Gasteiger partial charge is 0.465 e. The average molecular weight is 175 g/mol. The first-order valence-corrected chi connectivity index (χ1v) is 3.85. The molecule has 3 N–H and O–H groups in total. The van der Waals surface area contributed by atoms with E-state index in [9.17, 15) is 4.79 Å². The highest BCUT2D eigenvalue weighted by molar-refractivity contribution is 5.65. The number of aliphatic hydroxyl groups is 1. The second-order valence-electron chi connectivity index (χ2n) is 4.17. The number of hydrogen-bond acceptors (Lipinski definition) is 2. The molecular weight excluding hydrogens is 158 g/mol. The molecule has 0 bridgehead atoms. The van der Waals surface area contributed by atoms with Gasteiger partial charge in [0.2, 0.25) is 0 Å². The summed E-state index contributed by atoms with van der Waals surface area (Å²) in [5.41, 5.74) is -1.10. The Hall–Kier alpha value is -0.770. The lowest BCUT2D eigenvalue weighted by molar-refractivity contribution is 0.0726. The Labute approximate surface area is 72.6 Å². The fourth-order valence-corrected chi connectivity index (χ4v) is 0.700. The second kappa shape index (κ2) is 3.31. The van der Waals surface area contributed by atoms with Crippen LogP contribution >= 0.6 is 0 Å². The maximum absolute atomic E-state index is 10.4. The van der Waals surface area contributed by atoms with Crippen LogP contribution in [0, 0.1) is 5.41 Å². The van der Waals surface area contributed by atoms with E-state index in [0.717, 1.165) is 0 Å². The maximum Gasteiger partial charge on any atom is 0.405 e. The molecule has 72 valence electrons. The number of amides is 1. The van der Waals surface area contributed by atoms with E-state index in [0.29, 0.717) is 0 Å². The van der Waals surface area contributed by atoms with E-state index in [1.165, 1.54) is 0 Å². The van der Waals surface area contributed by atoms with Crippen LogP contribution in [0.2, 0.25) is 0 Å². The fraction of sp³-hybridized carbons (Fsp3) is 0.875. The number of nitrogens with one attached hydrogen (secondary N) is 1. The zero-order valence-electron chi connectivity index (χ0n) is 8.01. The highest BCUT2D eigenvalue weighted by Crippen LogP contribution is 2.29. The number of carbonyl (C=O) groups is 1. The van der Waals surface area contributed by atoms with Crippen LogP contribution in [-0.2, 0) is 0 Å². The van der Waals surface area contributed by atoms with E-state index < -0.39 is 11.6 Å². The average Bonchev–Trinajstić information content (AvgIpc) is 1.83. The Balaban J connectivity index is 4.56. The molecule has 0 heterocycles. The topological polar surface area (TPSA) is 69.6 Å². The van der Waals surface area contributed by atoms with Crippen LogP contribution in [0.1, 0.15) is 27.7 Å². The monoisotopic (exact) mass is 175 g/mol. The van der Waals surface area contributed by atoms with Gasteiger partial charge in [-0.05, 0) is 12.3 Å². The minimum Gasteiger partial charge on any atom is -0.465 e. The van der Waals surface area contributed by atoms with Gasteiger partial charge in [0.1, 0.15) is 0 Å². The number of rotatable bonds is 2. The zero-order chi connectivity index (χ0) is 9.99. The molecule has 4 nitrogen and oxygen atoms in total. The molecule has 0 aliphatic rings. The molecule has 0 aromatic rings. The van der Waals surface area contributed by atoms with Crippen molar-refractivity contribution in [2.24, 2.45) is 5.41 Å². The molecule has 1 atom stereocenters. The molecule has 0 fully saturated rings. The molecule has 12 heavy (non-hydrogen) atoms. The Bertz CT molecular complexity index is 174. The van der Waals surface area contributed by atoms with E-state index in [2.05, 4.69) is 5.32 Å². The summed E-state index contributed by atoms with van der Waals surface area (Å²) in [6, 6.07) is 0. The third-order valence-electron chi connectivity index (χ3n) is 2.35. The van der Waals surface area contributed by atoms with Crippen molar-refractivity contribution in [3.8, 4) is 0 Å². The van der Waals surface area contributed by atoms with Gasteiger partial charge in [0.05, 0.1) is 12.1 Å². The van der Waals surface area contributed by atoms with E-state index in [-0.39, 0.29) is 12.0 Å². The fourth-order valence-electron chi connectivity index (χ4n) is 0.700. The number of aliphatic hydroxyl groups excluding tert-OH is 1. The first-order chi connectivity index (χ1) is 5.23. The molecule has 1 amide bonds. The van der Waals surface area contributed by atoms with Crippen LogP contribution in [0.5, 0.6) is 0 Å². The van der Waals surface area contributed by atoms with Gasteiger partial charge >= 0.3 is 6.09 Å². The zero-order valence-corrected chi connectivity index (χ0v) is 8.01. The molecule has 0 rings (SSSR count). The molecule has 0 saturated carbocycles. The summed E-state index contributed by atoms with van der Waals surface area (Å²) >= 11 is 0. The van der Waals surface area contributed by atoms with Gasteiger partial charge in [0.15, 0.2) is 0 Å². The summed E-state index contributed by atoms with van der Waals surface area (Å²) in [6.45, 7) is 7.10.